The lowest BCUT2D eigenvalue weighted by Crippen LogP contribution is -2.41. The second-order valence-electron chi connectivity index (χ2n) is 7.95. The molecule has 2 N–H and O–H groups in total. The second-order valence-corrected chi connectivity index (χ2v) is 7.95. The van der Waals surface area contributed by atoms with E-state index < -0.39 is 29.3 Å². The van der Waals surface area contributed by atoms with Crippen molar-refractivity contribution in [3.8, 4) is 11.3 Å². The minimum absolute atomic E-state index is 0.00202. The Kier molecular flexibility index (Phi) is 6.18. The molecule has 1 unspecified atom stereocenters. The van der Waals surface area contributed by atoms with Gasteiger partial charge in [0, 0.05) is 17.3 Å². The number of aryl methyl sites for hydroxylation is 1. The van der Waals surface area contributed by atoms with Crippen LogP contribution in [0.4, 0.5) is 13.2 Å². The van der Waals surface area contributed by atoms with E-state index in [9.17, 15) is 23.1 Å². The van der Waals surface area contributed by atoms with E-state index in [1.54, 1.807) is 32.2 Å². The number of halogens is 3. The molecule has 0 saturated carbocycles. The Morgan fingerprint density at radius 3 is 2.29 bits per heavy atom. The summed E-state index contributed by atoms with van der Waals surface area (Å²) < 4.78 is 39.5. The number of pyridine rings is 1. The van der Waals surface area contributed by atoms with Gasteiger partial charge in [-0.05, 0) is 61.7 Å². The van der Waals surface area contributed by atoms with Gasteiger partial charge in [-0.15, -0.1) is 0 Å². The molecule has 1 atom stereocenters. The Hall–Kier alpha value is -3.19. The number of aliphatic hydroxyl groups excluding tert-OH is 1. The Morgan fingerprint density at radius 2 is 1.71 bits per heavy atom. The molecule has 1 amide bonds. The molecule has 0 bridgehead atoms. The van der Waals surface area contributed by atoms with E-state index in [1.165, 1.54) is 12.1 Å². The zero-order valence-electron chi connectivity index (χ0n) is 17.4. The SMILES string of the molecule is Cc1ccc(-c2cc(C(=O)NC(C)(C)c3ccccc3)cc(C(O)C(F)(F)F)c2)nc1. The summed E-state index contributed by atoms with van der Waals surface area (Å²) in [6.45, 7) is 5.44. The van der Waals surface area contributed by atoms with Gasteiger partial charge in [-0.2, -0.15) is 13.2 Å². The van der Waals surface area contributed by atoms with E-state index in [0.29, 0.717) is 11.3 Å². The fraction of sp³-hybridized carbons (Fsp3) is 0.250. The summed E-state index contributed by atoms with van der Waals surface area (Å²) >= 11 is 0. The van der Waals surface area contributed by atoms with Crippen LogP contribution >= 0.6 is 0 Å². The van der Waals surface area contributed by atoms with Crippen LogP contribution in [0.5, 0.6) is 0 Å². The van der Waals surface area contributed by atoms with Crippen molar-refractivity contribution in [3.05, 3.63) is 89.1 Å². The van der Waals surface area contributed by atoms with Crippen molar-refractivity contribution in [1.29, 1.82) is 0 Å². The van der Waals surface area contributed by atoms with Crippen LogP contribution in [0.3, 0.4) is 0 Å². The highest BCUT2D eigenvalue weighted by Gasteiger charge is 2.40. The summed E-state index contributed by atoms with van der Waals surface area (Å²) in [5.74, 6) is -0.557. The Labute approximate surface area is 178 Å². The number of aliphatic hydroxyl groups is 1. The maximum Gasteiger partial charge on any atom is 0.418 e. The molecule has 3 rings (SSSR count). The summed E-state index contributed by atoms with van der Waals surface area (Å²) in [4.78, 5) is 17.2. The minimum Gasteiger partial charge on any atom is -0.379 e. The average molecular weight is 428 g/mol. The normalized spacial score (nSPS) is 13.0. The molecule has 1 aromatic heterocycles. The predicted octanol–water partition coefficient (Wildman–Crippen LogP) is 5.32. The third-order valence-electron chi connectivity index (χ3n) is 4.97. The van der Waals surface area contributed by atoms with Gasteiger partial charge < -0.3 is 10.4 Å². The van der Waals surface area contributed by atoms with Gasteiger partial charge in [0.05, 0.1) is 11.2 Å². The molecule has 0 aliphatic rings. The van der Waals surface area contributed by atoms with Crippen molar-refractivity contribution in [2.75, 3.05) is 0 Å². The van der Waals surface area contributed by atoms with Crippen molar-refractivity contribution in [2.24, 2.45) is 0 Å². The molecule has 2 aromatic carbocycles. The average Bonchev–Trinajstić information content (AvgIpc) is 2.73. The van der Waals surface area contributed by atoms with E-state index in [0.717, 1.165) is 17.2 Å². The predicted molar refractivity (Wildman–Crippen MR) is 112 cm³/mol. The van der Waals surface area contributed by atoms with Crippen LogP contribution in [0.1, 0.15) is 47.0 Å². The number of nitrogens with one attached hydrogen (secondary N) is 1. The molecule has 0 fully saturated rings. The van der Waals surface area contributed by atoms with Gasteiger partial charge in [0.1, 0.15) is 0 Å². The number of rotatable bonds is 5. The third kappa shape index (κ3) is 5.30. The molecule has 0 aliphatic heterocycles. The van der Waals surface area contributed by atoms with Crippen LogP contribution in [0.25, 0.3) is 11.3 Å². The van der Waals surface area contributed by atoms with Crippen molar-refractivity contribution < 1.29 is 23.1 Å². The van der Waals surface area contributed by atoms with Gasteiger partial charge in [-0.3, -0.25) is 9.78 Å². The number of alkyl halides is 3. The standard InChI is InChI=1S/C24H23F3N2O2/c1-15-9-10-20(28-14-15)16-11-17(21(30)24(25,26)27)13-18(12-16)22(31)29-23(2,3)19-7-5-4-6-8-19/h4-14,21,30H,1-3H3,(H,29,31). The van der Waals surface area contributed by atoms with Crippen LogP contribution < -0.4 is 5.32 Å². The fourth-order valence-electron chi connectivity index (χ4n) is 3.20. The number of amides is 1. The molecule has 0 spiro atoms. The maximum atomic E-state index is 13.2. The van der Waals surface area contributed by atoms with Crippen LogP contribution in [-0.2, 0) is 5.54 Å². The fourth-order valence-corrected chi connectivity index (χ4v) is 3.20. The first-order valence-corrected chi connectivity index (χ1v) is 9.68. The number of carbonyl (C=O) groups is 1. The summed E-state index contributed by atoms with van der Waals surface area (Å²) in [6.07, 6.45) is -6.00. The van der Waals surface area contributed by atoms with Crippen molar-refractivity contribution in [2.45, 2.75) is 38.6 Å². The summed E-state index contributed by atoms with van der Waals surface area (Å²) in [6, 6.07) is 16.4. The first-order valence-electron chi connectivity index (χ1n) is 9.68. The molecule has 1 heterocycles. The van der Waals surface area contributed by atoms with Crippen molar-refractivity contribution in [1.82, 2.24) is 10.3 Å². The maximum absolute atomic E-state index is 13.2. The first-order chi connectivity index (χ1) is 14.5. The topological polar surface area (TPSA) is 62.2 Å². The number of nitrogens with zero attached hydrogens (tertiary/aromatic N) is 1. The summed E-state index contributed by atoms with van der Waals surface area (Å²) in [5.41, 5.74) is 1.26. The lowest BCUT2D eigenvalue weighted by molar-refractivity contribution is -0.206. The molecular formula is C24H23F3N2O2. The van der Waals surface area contributed by atoms with E-state index >= 15 is 0 Å². The van der Waals surface area contributed by atoms with E-state index in [4.69, 9.17) is 0 Å². The highest BCUT2D eigenvalue weighted by atomic mass is 19.4. The van der Waals surface area contributed by atoms with Gasteiger partial charge in [-0.25, -0.2) is 0 Å². The van der Waals surface area contributed by atoms with Gasteiger partial charge >= 0.3 is 6.18 Å². The Balaban J connectivity index is 2.03. The summed E-state index contributed by atoms with van der Waals surface area (Å²) in [7, 11) is 0. The van der Waals surface area contributed by atoms with Crippen LogP contribution in [0.15, 0.2) is 66.9 Å². The highest BCUT2D eigenvalue weighted by Crippen LogP contribution is 2.35. The second kappa shape index (κ2) is 8.51. The number of benzene rings is 2. The van der Waals surface area contributed by atoms with E-state index in [2.05, 4.69) is 10.3 Å². The van der Waals surface area contributed by atoms with Crippen molar-refractivity contribution >= 4 is 5.91 Å². The number of hydrogen-bond acceptors (Lipinski definition) is 3. The Bertz CT molecular complexity index is 1060. The molecule has 0 aliphatic carbocycles. The zero-order valence-corrected chi connectivity index (χ0v) is 17.4. The third-order valence-corrected chi connectivity index (χ3v) is 4.97. The Morgan fingerprint density at radius 1 is 1.03 bits per heavy atom. The first kappa shape index (κ1) is 22.5. The van der Waals surface area contributed by atoms with Gasteiger partial charge in [-0.1, -0.05) is 36.4 Å². The van der Waals surface area contributed by atoms with E-state index in [1.807, 2.05) is 37.3 Å². The highest BCUT2D eigenvalue weighted by molar-refractivity contribution is 5.96. The summed E-state index contributed by atoms with van der Waals surface area (Å²) in [5, 5.41) is 12.7. The molecule has 4 nitrogen and oxygen atoms in total. The largest absolute Gasteiger partial charge is 0.418 e. The molecule has 0 radical (unpaired) electrons. The molecular weight excluding hydrogens is 405 g/mol. The minimum atomic E-state index is -4.86. The number of aromatic nitrogens is 1. The number of carbonyl (C=O) groups excluding carboxylic acids is 1. The van der Waals surface area contributed by atoms with Crippen LogP contribution in [-0.4, -0.2) is 22.2 Å². The molecule has 7 heteroatoms. The van der Waals surface area contributed by atoms with Gasteiger partial charge in [0.25, 0.3) is 5.91 Å². The van der Waals surface area contributed by atoms with Gasteiger partial charge in [0.2, 0.25) is 0 Å². The van der Waals surface area contributed by atoms with Gasteiger partial charge in [0.15, 0.2) is 6.10 Å². The lowest BCUT2D eigenvalue weighted by Gasteiger charge is -2.27. The molecule has 31 heavy (non-hydrogen) atoms. The molecule has 3 aromatic rings. The molecule has 0 saturated heterocycles. The smallest absolute Gasteiger partial charge is 0.379 e. The lowest BCUT2D eigenvalue weighted by atomic mass is 9.93. The molecule has 162 valence electrons. The number of hydrogen-bond donors (Lipinski definition) is 2. The monoisotopic (exact) mass is 428 g/mol. The van der Waals surface area contributed by atoms with E-state index in [-0.39, 0.29) is 5.56 Å². The quantitative estimate of drug-likeness (QED) is 0.578. The van der Waals surface area contributed by atoms with Crippen LogP contribution in [0, 0.1) is 6.92 Å². The zero-order chi connectivity index (χ0) is 22.8. The van der Waals surface area contributed by atoms with Crippen molar-refractivity contribution in [3.63, 3.8) is 0 Å². The van der Waals surface area contributed by atoms with Crippen LogP contribution in [0.2, 0.25) is 0 Å².